The first-order valence-corrected chi connectivity index (χ1v) is 10.6. The molecule has 10 heteroatoms. The minimum absolute atomic E-state index is 0.0905. The molecule has 1 unspecified atom stereocenters. The number of anilines is 1. The zero-order valence-electron chi connectivity index (χ0n) is 17.9. The average molecular weight is 503 g/mol. The smallest absolute Gasteiger partial charge is 0.300 e. The number of halogens is 3. The van der Waals surface area contributed by atoms with Gasteiger partial charge in [0, 0.05) is 24.1 Å². The maximum absolute atomic E-state index is 13.8. The Morgan fingerprint density at radius 1 is 1.06 bits per heavy atom. The number of rotatable bonds is 5. The maximum Gasteiger partial charge on any atom is 0.300 e. The van der Waals surface area contributed by atoms with Crippen molar-refractivity contribution in [3.05, 3.63) is 87.4 Å². The molecule has 1 aliphatic rings. The summed E-state index contributed by atoms with van der Waals surface area (Å²) < 4.78 is 24.4. The molecule has 1 fully saturated rings. The highest BCUT2D eigenvalue weighted by Gasteiger charge is 2.47. The molecule has 1 aliphatic heterocycles. The molecule has 3 aromatic rings. The Hall–Kier alpha value is -3.62. The monoisotopic (exact) mass is 502 g/mol. The van der Waals surface area contributed by atoms with Gasteiger partial charge in [0.15, 0.2) is 0 Å². The maximum atomic E-state index is 13.8. The van der Waals surface area contributed by atoms with Crippen molar-refractivity contribution in [3.63, 3.8) is 0 Å². The van der Waals surface area contributed by atoms with Gasteiger partial charge in [0.25, 0.3) is 11.7 Å². The fourth-order valence-corrected chi connectivity index (χ4v) is 4.18. The Labute approximate surface area is 204 Å². The molecule has 4 rings (SSSR count). The number of benzene rings is 2. The van der Waals surface area contributed by atoms with Crippen LogP contribution in [0.1, 0.15) is 17.2 Å². The lowest BCUT2D eigenvalue weighted by atomic mass is 9.95. The van der Waals surface area contributed by atoms with Gasteiger partial charge in [-0.25, -0.2) is 4.39 Å². The van der Waals surface area contributed by atoms with E-state index in [9.17, 15) is 19.1 Å². The second-order valence-corrected chi connectivity index (χ2v) is 8.06. The van der Waals surface area contributed by atoms with E-state index >= 15 is 0 Å². The fraction of sp³-hybridized carbons (Fsp3) is 0.125. The van der Waals surface area contributed by atoms with Gasteiger partial charge in [-0.2, -0.15) is 0 Å². The summed E-state index contributed by atoms with van der Waals surface area (Å²) in [6.07, 6.45) is 2.99. The highest BCUT2D eigenvalue weighted by Crippen LogP contribution is 2.45. The van der Waals surface area contributed by atoms with Crippen molar-refractivity contribution < 1.29 is 28.6 Å². The van der Waals surface area contributed by atoms with Crippen molar-refractivity contribution in [1.29, 1.82) is 0 Å². The van der Waals surface area contributed by atoms with Gasteiger partial charge in [-0.1, -0.05) is 29.3 Å². The lowest BCUT2D eigenvalue weighted by Gasteiger charge is -2.25. The van der Waals surface area contributed by atoms with Gasteiger partial charge in [-0.05, 0) is 35.9 Å². The van der Waals surface area contributed by atoms with Gasteiger partial charge in [0.1, 0.15) is 23.1 Å². The van der Waals surface area contributed by atoms with Gasteiger partial charge in [0.2, 0.25) is 0 Å². The number of Topliss-reactive ketones (excluding diaryl/α,β-unsaturated/α-hetero) is 1. The number of aliphatic hydroxyl groups is 1. The number of methoxy groups -OCH3 is 2. The zero-order chi connectivity index (χ0) is 24.6. The van der Waals surface area contributed by atoms with Crippen LogP contribution in [0.15, 0.2) is 60.4 Å². The van der Waals surface area contributed by atoms with Crippen molar-refractivity contribution in [2.24, 2.45) is 0 Å². The molecule has 0 aliphatic carbocycles. The van der Waals surface area contributed by atoms with Gasteiger partial charge in [0.05, 0.1) is 41.4 Å². The van der Waals surface area contributed by atoms with E-state index < -0.39 is 29.3 Å². The number of hydrogen-bond acceptors (Lipinski definition) is 6. The van der Waals surface area contributed by atoms with Crippen LogP contribution < -0.4 is 14.4 Å². The van der Waals surface area contributed by atoms with Crippen molar-refractivity contribution in [2.75, 3.05) is 19.1 Å². The third-order valence-electron chi connectivity index (χ3n) is 5.35. The molecule has 1 saturated heterocycles. The summed E-state index contributed by atoms with van der Waals surface area (Å²) in [6.45, 7) is 0. The van der Waals surface area contributed by atoms with Gasteiger partial charge < -0.3 is 14.6 Å². The van der Waals surface area contributed by atoms with E-state index in [1.165, 1.54) is 50.9 Å². The topological polar surface area (TPSA) is 89.0 Å². The summed E-state index contributed by atoms with van der Waals surface area (Å²) >= 11 is 12.1. The first kappa shape index (κ1) is 23.5. The van der Waals surface area contributed by atoms with Crippen LogP contribution in [0.5, 0.6) is 11.5 Å². The quantitative estimate of drug-likeness (QED) is 0.294. The van der Waals surface area contributed by atoms with Crippen LogP contribution in [-0.2, 0) is 9.59 Å². The van der Waals surface area contributed by atoms with Crippen LogP contribution in [0, 0.1) is 5.82 Å². The van der Waals surface area contributed by atoms with Crippen LogP contribution in [0.4, 0.5) is 10.1 Å². The minimum Gasteiger partial charge on any atom is -0.507 e. The highest BCUT2D eigenvalue weighted by atomic mass is 35.5. The number of aliphatic hydroxyl groups excluding tert-OH is 1. The molecule has 7 nitrogen and oxygen atoms in total. The van der Waals surface area contributed by atoms with Crippen molar-refractivity contribution in [2.45, 2.75) is 6.04 Å². The van der Waals surface area contributed by atoms with E-state index in [0.29, 0.717) is 5.56 Å². The van der Waals surface area contributed by atoms with Crippen LogP contribution in [0.3, 0.4) is 0 Å². The molecule has 174 valence electrons. The lowest BCUT2D eigenvalue weighted by molar-refractivity contribution is -0.132. The van der Waals surface area contributed by atoms with Crippen molar-refractivity contribution in [3.8, 4) is 11.5 Å². The van der Waals surface area contributed by atoms with Crippen LogP contribution in [-0.4, -0.2) is 36.0 Å². The first-order chi connectivity index (χ1) is 16.3. The van der Waals surface area contributed by atoms with E-state index in [2.05, 4.69) is 4.98 Å². The molecule has 2 aromatic carbocycles. The number of aromatic nitrogens is 1. The molecule has 2 heterocycles. The van der Waals surface area contributed by atoms with E-state index in [1.54, 1.807) is 12.1 Å². The van der Waals surface area contributed by atoms with Crippen molar-refractivity contribution in [1.82, 2.24) is 4.98 Å². The number of carbonyl (C=O) groups excluding carboxylic acids is 2. The number of hydrogen-bond donors (Lipinski definition) is 1. The summed E-state index contributed by atoms with van der Waals surface area (Å²) in [4.78, 5) is 31.6. The normalized spacial score (nSPS) is 17.2. The lowest BCUT2D eigenvalue weighted by Crippen LogP contribution is -2.29. The number of nitrogens with zero attached hydrogens (tertiary/aromatic N) is 2. The second kappa shape index (κ2) is 9.32. The molecular formula is C24H17Cl2FN2O5. The fourth-order valence-electron chi connectivity index (χ4n) is 3.78. The molecule has 1 amide bonds. The standard InChI is InChI=1S/C24H17Cl2FN2O5/c1-33-18-10-16(26)19(34-2)9-14(18)22(30)20-21(12-4-3-7-28-11-12)29(24(32)23(20)31)13-5-6-17(27)15(25)8-13/h3-11,21,30H,1-2H3/b22-20+. The summed E-state index contributed by atoms with van der Waals surface area (Å²) in [5.41, 5.74) is 0.472. The number of amides is 1. The molecule has 0 bridgehead atoms. The number of pyridine rings is 1. The molecule has 0 saturated carbocycles. The Morgan fingerprint density at radius 2 is 1.79 bits per heavy atom. The van der Waals surface area contributed by atoms with Gasteiger partial charge >= 0.3 is 0 Å². The third-order valence-corrected chi connectivity index (χ3v) is 5.94. The van der Waals surface area contributed by atoms with E-state index in [4.69, 9.17) is 32.7 Å². The first-order valence-electron chi connectivity index (χ1n) is 9.86. The zero-order valence-corrected chi connectivity index (χ0v) is 19.4. The van der Waals surface area contributed by atoms with E-state index in [1.807, 2.05) is 0 Å². The molecular weight excluding hydrogens is 486 g/mol. The highest BCUT2D eigenvalue weighted by molar-refractivity contribution is 6.52. The molecule has 0 radical (unpaired) electrons. The number of ether oxygens (including phenoxy) is 2. The molecule has 34 heavy (non-hydrogen) atoms. The Bertz CT molecular complexity index is 1330. The predicted molar refractivity (Wildman–Crippen MR) is 125 cm³/mol. The molecule has 1 N–H and O–H groups in total. The summed E-state index contributed by atoms with van der Waals surface area (Å²) in [5, 5.41) is 11.3. The predicted octanol–water partition coefficient (Wildman–Crippen LogP) is 5.17. The third kappa shape index (κ3) is 3.95. The summed E-state index contributed by atoms with van der Waals surface area (Å²) in [5.74, 6) is -2.70. The van der Waals surface area contributed by atoms with E-state index in [0.717, 1.165) is 11.0 Å². The number of carbonyl (C=O) groups is 2. The molecule has 1 atom stereocenters. The van der Waals surface area contributed by atoms with E-state index in [-0.39, 0.29) is 38.4 Å². The Morgan fingerprint density at radius 3 is 2.41 bits per heavy atom. The summed E-state index contributed by atoms with van der Waals surface area (Å²) in [7, 11) is 2.76. The average Bonchev–Trinajstić information content (AvgIpc) is 3.11. The molecule has 1 aromatic heterocycles. The van der Waals surface area contributed by atoms with Crippen LogP contribution in [0.25, 0.3) is 5.76 Å². The largest absolute Gasteiger partial charge is 0.507 e. The van der Waals surface area contributed by atoms with Gasteiger partial charge in [-0.3, -0.25) is 19.5 Å². The van der Waals surface area contributed by atoms with Crippen LogP contribution in [0.2, 0.25) is 10.0 Å². The summed E-state index contributed by atoms with van der Waals surface area (Å²) in [6, 6.07) is 8.65. The Kier molecular flexibility index (Phi) is 6.45. The van der Waals surface area contributed by atoms with Gasteiger partial charge in [-0.15, -0.1) is 0 Å². The SMILES string of the molecule is COc1cc(/C(O)=C2\C(=O)C(=O)N(c3ccc(F)c(Cl)c3)C2c2cccnc2)c(OC)cc1Cl. The Balaban J connectivity index is 1.99. The minimum atomic E-state index is -1.08. The number of ketones is 1. The van der Waals surface area contributed by atoms with Crippen LogP contribution >= 0.6 is 23.2 Å². The van der Waals surface area contributed by atoms with Crippen molar-refractivity contribution >= 4 is 46.3 Å². The molecule has 0 spiro atoms. The second-order valence-electron chi connectivity index (χ2n) is 7.24.